The third-order valence-corrected chi connectivity index (χ3v) is 4.56. The van der Waals surface area contributed by atoms with Crippen molar-refractivity contribution >= 4 is 29.0 Å². The number of carbonyl (C=O) groups is 1. The van der Waals surface area contributed by atoms with E-state index < -0.39 is 0 Å². The number of anilines is 2. The van der Waals surface area contributed by atoms with Crippen LogP contribution in [0.25, 0.3) is 0 Å². The van der Waals surface area contributed by atoms with Crippen molar-refractivity contribution in [3.63, 3.8) is 0 Å². The largest absolute Gasteiger partial charge is 0.497 e. The number of aromatic nitrogens is 1. The SMILES string of the molecule is COc1cccc(CCNc2cc(C(=O)Nc3cc(Cl)ccc3C)ccn2)c1. The van der Waals surface area contributed by atoms with E-state index in [1.165, 1.54) is 0 Å². The molecule has 2 aromatic carbocycles. The van der Waals surface area contributed by atoms with Crippen molar-refractivity contribution < 1.29 is 9.53 Å². The molecule has 144 valence electrons. The molecule has 0 bridgehead atoms. The van der Waals surface area contributed by atoms with Crippen LogP contribution < -0.4 is 15.4 Å². The van der Waals surface area contributed by atoms with Gasteiger partial charge in [0.2, 0.25) is 0 Å². The molecule has 0 radical (unpaired) electrons. The number of benzene rings is 2. The molecule has 1 aromatic heterocycles. The fourth-order valence-corrected chi connectivity index (χ4v) is 2.93. The number of halogens is 1. The second-order valence-corrected chi connectivity index (χ2v) is 6.81. The van der Waals surface area contributed by atoms with Gasteiger partial charge in [-0.05, 0) is 60.9 Å². The molecule has 3 aromatic rings. The Morgan fingerprint density at radius 2 is 2.00 bits per heavy atom. The van der Waals surface area contributed by atoms with Gasteiger partial charge in [-0.25, -0.2) is 4.98 Å². The van der Waals surface area contributed by atoms with Crippen LogP contribution in [0, 0.1) is 6.92 Å². The molecule has 0 atom stereocenters. The summed E-state index contributed by atoms with van der Waals surface area (Å²) in [4.78, 5) is 16.9. The zero-order valence-electron chi connectivity index (χ0n) is 15.8. The number of amides is 1. The van der Waals surface area contributed by atoms with E-state index in [1.54, 1.807) is 37.6 Å². The predicted molar refractivity (Wildman–Crippen MR) is 114 cm³/mol. The van der Waals surface area contributed by atoms with Crippen LogP contribution in [0.15, 0.2) is 60.8 Å². The molecule has 6 heteroatoms. The predicted octanol–water partition coefficient (Wildman–Crippen LogP) is 4.96. The number of hydrogen-bond donors (Lipinski definition) is 2. The summed E-state index contributed by atoms with van der Waals surface area (Å²) in [6.45, 7) is 2.61. The van der Waals surface area contributed by atoms with Gasteiger partial charge in [0.25, 0.3) is 5.91 Å². The monoisotopic (exact) mass is 395 g/mol. The lowest BCUT2D eigenvalue weighted by atomic mass is 10.1. The number of ether oxygens (including phenoxy) is 1. The minimum atomic E-state index is -0.205. The maximum absolute atomic E-state index is 12.6. The van der Waals surface area contributed by atoms with E-state index in [0.29, 0.717) is 28.6 Å². The van der Waals surface area contributed by atoms with Gasteiger partial charge in [0.1, 0.15) is 11.6 Å². The lowest BCUT2D eigenvalue weighted by Crippen LogP contribution is -2.14. The van der Waals surface area contributed by atoms with Gasteiger partial charge in [0.05, 0.1) is 7.11 Å². The zero-order valence-corrected chi connectivity index (χ0v) is 16.6. The number of rotatable bonds is 7. The van der Waals surface area contributed by atoms with Crippen LogP contribution in [-0.2, 0) is 6.42 Å². The van der Waals surface area contributed by atoms with Gasteiger partial charge in [0.15, 0.2) is 0 Å². The molecule has 1 heterocycles. The fraction of sp³-hybridized carbons (Fsp3) is 0.182. The van der Waals surface area contributed by atoms with Crippen molar-refractivity contribution in [3.8, 4) is 5.75 Å². The Hall–Kier alpha value is -3.05. The highest BCUT2D eigenvalue weighted by Gasteiger charge is 2.09. The van der Waals surface area contributed by atoms with Gasteiger partial charge >= 0.3 is 0 Å². The van der Waals surface area contributed by atoms with E-state index in [9.17, 15) is 4.79 Å². The Bertz CT molecular complexity index is 976. The Morgan fingerprint density at radius 3 is 2.82 bits per heavy atom. The maximum atomic E-state index is 12.6. The van der Waals surface area contributed by atoms with Crippen molar-refractivity contribution in [1.82, 2.24) is 4.98 Å². The highest BCUT2D eigenvalue weighted by molar-refractivity contribution is 6.31. The molecule has 0 saturated carbocycles. The van der Waals surface area contributed by atoms with Crippen molar-refractivity contribution in [2.75, 3.05) is 24.3 Å². The van der Waals surface area contributed by atoms with E-state index in [0.717, 1.165) is 23.3 Å². The first-order chi connectivity index (χ1) is 13.5. The van der Waals surface area contributed by atoms with Crippen molar-refractivity contribution in [3.05, 3.63) is 82.5 Å². The number of hydrogen-bond acceptors (Lipinski definition) is 4. The van der Waals surface area contributed by atoms with Gasteiger partial charge in [-0.2, -0.15) is 0 Å². The Balaban J connectivity index is 1.61. The number of nitrogens with one attached hydrogen (secondary N) is 2. The smallest absolute Gasteiger partial charge is 0.255 e. The van der Waals surface area contributed by atoms with E-state index >= 15 is 0 Å². The first kappa shape index (κ1) is 19.7. The summed E-state index contributed by atoms with van der Waals surface area (Å²) in [6.07, 6.45) is 2.44. The van der Waals surface area contributed by atoms with Crippen LogP contribution in [0.2, 0.25) is 5.02 Å². The first-order valence-corrected chi connectivity index (χ1v) is 9.33. The van der Waals surface area contributed by atoms with Crippen molar-refractivity contribution in [2.24, 2.45) is 0 Å². The van der Waals surface area contributed by atoms with E-state index in [-0.39, 0.29) is 5.91 Å². The quantitative estimate of drug-likeness (QED) is 0.593. The van der Waals surface area contributed by atoms with Crippen molar-refractivity contribution in [1.29, 1.82) is 0 Å². The summed E-state index contributed by atoms with van der Waals surface area (Å²) in [5, 5.41) is 6.73. The summed E-state index contributed by atoms with van der Waals surface area (Å²) >= 11 is 6.02. The molecule has 0 aliphatic carbocycles. The standard InChI is InChI=1S/C22H22ClN3O2/c1-15-6-7-18(23)14-20(15)26-22(27)17-9-11-25-21(13-17)24-10-8-16-4-3-5-19(12-16)28-2/h3-7,9,11-14H,8,10H2,1-2H3,(H,24,25)(H,26,27). The average Bonchev–Trinajstić information content (AvgIpc) is 2.71. The molecule has 0 aliphatic rings. The molecule has 3 rings (SSSR count). The van der Waals surface area contributed by atoms with Gasteiger partial charge in [-0.15, -0.1) is 0 Å². The molecular formula is C22H22ClN3O2. The van der Waals surface area contributed by atoms with Crippen LogP contribution >= 0.6 is 11.6 Å². The highest BCUT2D eigenvalue weighted by Crippen LogP contribution is 2.21. The topological polar surface area (TPSA) is 63.2 Å². The molecule has 5 nitrogen and oxygen atoms in total. The van der Waals surface area contributed by atoms with Crippen LogP contribution in [0.3, 0.4) is 0 Å². The van der Waals surface area contributed by atoms with Crippen molar-refractivity contribution in [2.45, 2.75) is 13.3 Å². The maximum Gasteiger partial charge on any atom is 0.255 e. The van der Waals surface area contributed by atoms with Crippen LogP contribution in [0.4, 0.5) is 11.5 Å². The summed E-state index contributed by atoms with van der Waals surface area (Å²) in [7, 11) is 1.66. The molecule has 0 unspecified atom stereocenters. The molecule has 2 N–H and O–H groups in total. The van der Waals surface area contributed by atoms with Gasteiger partial charge in [-0.3, -0.25) is 4.79 Å². The summed E-state index contributed by atoms with van der Waals surface area (Å²) in [6, 6.07) is 16.8. The van der Waals surface area contributed by atoms with Crippen LogP contribution in [0.1, 0.15) is 21.5 Å². The summed E-state index contributed by atoms with van der Waals surface area (Å²) in [5.74, 6) is 1.28. The molecule has 0 fully saturated rings. The lowest BCUT2D eigenvalue weighted by Gasteiger charge is -2.10. The number of methoxy groups -OCH3 is 1. The molecule has 28 heavy (non-hydrogen) atoms. The van der Waals surface area contributed by atoms with Crippen LogP contribution in [0.5, 0.6) is 5.75 Å². The number of carbonyl (C=O) groups excluding carboxylic acids is 1. The second-order valence-electron chi connectivity index (χ2n) is 6.37. The second kappa shape index (κ2) is 9.24. The molecule has 1 amide bonds. The van der Waals surface area contributed by atoms with E-state index in [2.05, 4.69) is 21.7 Å². The summed E-state index contributed by atoms with van der Waals surface area (Å²) < 4.78 is 5.24. The lowest BCUT2D eigenvalue weighted by molar-refractivity contribution is 0.102. The number of aryl methyl sites for hydroxylation is 1. The normalized spacial score (nSPS) is 10.4. The van der Waals surface area contributed by atoms with E-state index in [4.69, 9.17) is 16.3 Å². The minimum absolute atomic E-state index is 0.205. The Kier molecular flexibility index (Phi) is 6.50. The van der Waals surface area contributed by atoms with E-state index in [1.807, 2.05) is 31.2 Å². The first-order valence-electron chi connectivity index (χ1n) is 8.95. The molecule has 0 saturated heterocycles. The van der Waals surface area contributed by atoms with Gasteiger partial charge in [0, 0.05) is 29.0 Å². The molecule has 0 aliphatic heterocycles. The van der Waals surface area contributed by atoms with Gasteiger partial charge in [-0.1, -0.05) is 29.8 Å². The third kappa shape index (κ3) is 5.24. The Morgan fingerprint density at radius 1 is 1.14 bits per heavy atom. The molecular weight excluding hydrogens is 374 g/mol. The average molecular weight is 396 g/mol. The highest BCUT2D eigenvalue weighted by atomic mass is 35.5. The Labute approximate surface area is 169 Å². The van der Waals surface area contributed by atoms with Gasteiger partial charge < -0.3 is 15.4 Å². The third-order valence-electron chi connectivity index (χ3n) is 4.32. The number of nitrogens with zero attached hydrogens (tertiary/aromatic N) is 1. The zero-order chi connectivity index (χ0) is 19.9. The number of pyridine rings is 1. The molecule has 0 spiro atoms. The minimum Gasteiger partial charge on any atom is -0.497 e. The van der Waals surface area contributed by atoms with Crippen LogP contribution in [-0.4, -0.2) is 24.5 Å². The summed E-state index contributed by atoms with van der Waals surface area (Å²) in [5.41, 5.74) is 3.33. The fourth-order valence-electron chi connectivity index (χ4n) is 2.75.